The van der Waals surface area contributed by atoms with Crippen molar-refractivity contribution in [2.45, 2.75) is 89.4 Å². The van der Waals surface area contributed by atoms with Gasteiger partial charge in [-0.05, 0) is 119 Å². The zero-order chi connectivity index (χ0) is 44.8. The highest BCUT2D eigenvalue weighted by Gasteiger charge is 2.40. The van der Waals surface area contributed by atoms with Crippen molar-refractivity contribution < 1.29 is 23.9 Å². The Morgan fingerprint density at radius 2 is 1.55 bits per heavy atom. The number of imidazole rings is 2. The molecule has 4 N–H and O–H groups in total. The summed E-state index contributed by atoms with van der Waals surface area (Å²) in [5.41, 5.74) is 10.4. The number of rotatable bonds is 12. The summed E-state index contributed by atoms with van der Waals surface area (Å²) in [4.78, 5) is 65.6. The highest BCUT2D eigenvalue weighted by molar-refractivity contribution is 5.87. The lowest BCUT2D eigenvalue weighted by atomic mass is 9.86. The zero-order valence-electron chi connectivity index (χ0n) is 37.9. The van der Waals surface area contributed by atoms with Crippen LogP contribution in [0.5, 0.6) is 5.75 Å². The summed E-state index contributed by atoms with van der Waals surface area (Å²) in [6.45, 7) is 5.51. The van der Waals surface area contributed by atoms with Crippen molar-refractivity contribution in [1.29, 1.82) is 0 Å². The first-order chi connectivity index (χ1) is 30.9. The molecule has 64 heavy (non-hydrogen) atoms. The molecule has 3 amide bonds. The number of hydrogen-bond acceptors (Lipinski definition) is 10. The van der Waals surface area contributed by atoms with Gasteiger partial charge >= 0.3 is 6.09 Å². The third kappa shape index (κ3) is 8.16. The summed E-state index contributed by atoms with van der Waals surface area (Å²) in [5.74, 6) is 2.21. The number of ether oxygens (including phenoxy) is 2. The van der Waals surface area contributed by atoms with E-state index in [1.54, 1.807) is 0 Å². The van der Waals surface area contributed by atoms with E-state index < -0.39 is 18.2 Å². The third-order valence-electron chi connectivity index (χ3n) is 13.4. The molecule has 0 saturated carbocycles. The van der Waals surface area contributed by atoms with E-state index in [-0.39, 0.29) is 36.1 Å². The lowest BCUT2D eigenvalue weighted by Crippen LogP contribution is -2.55. The van der Waals surface area contributed by atoms with Crippen LogP contribution < -0.4 is 15.4 Å². The minimum atomic E-state index is -0.693. The van der Waals surface area contributed by atoms with Crippen LogP contribution in [0.25, 0.3) is 33.6 Å². The molecule has 3 aromatic carbocycles. The van der Waals surface area contributed by atoms with Crippen LogP contribution in [-0.2, 0) is 33.8 Å². The number of aromatic amines is 2. The Balaban J connectivity index is 0.937. The van der Waals surface area contributed by atoms with Crippen molar-refractivity contribution in [3.8, 4) is 39.4 Å². The fraction of sp³-hybridized carbons (Fsp3) is 0.449. The summed E-state index contributed by atoms with van der Waals surface area (Å²) < 4.78 is 11.3. The van der Waals surface area contributed by atoms with Gasteiger partial charge in [-0.3, -0.25) is 24.7 Å². The van der Waals surface area contributed by atoms with Gasteiger partial charge in [-0.1, -0.05) is 56.3 Å². The minimum Gasteiger partial charge on any atom is -0.488 e. The number of nitrogens with one attached hydrogen (secondary N) is 4. The van der Waals surface area contributed by atoms with E-state index in [1.807, 2.05) is 88.4 Å². The first-order valence-corrected chi connectivity index (χ1v) is 22.6. The molecule has 336 valence electrons. The maximum absolute atomic E-state index is 14.6. The number of H-pyrrole nitrogens is 2. The number of carbonyl (C=O) groups is 3. The van der Waals surface area contributed by atoms with Crippen molar-refractivity contribution >= 4 is 17.9 Å². The minimum absolute atomic E-state index is 0.0491. The van der Waals surface area contributed by atoms with Gasteiger partial charge in [0.15, 0.2) is 0 Å². The molecular weight excluding hydrogens is 809 g/mol. The maximum atomic E-state index is 14.6. The number of alkyl carbamates (subject to hydrolysis) is 1. The molecule has 0 bridgehead atoms. The molecule has 9 rings (SSSR count). The fourth-order valence-electron chi connectivity index (χ4n) is 10.1. The number of likely N-dealkylation sites (tertiary alicyclic amines) is 2. The number of nitrogens with zero attached hydrogens (tertiary/aromatic N) is 6. The zero-order valence-corrected chi connectivity index (χ0v) is 37.9. The van der Waals surface area contributed by atoms with Crippen LogP contribution in [0.4, 0.5) is 4.79 Å². The van der Waals surface area contributed by atoms with Gasteiger partial charge in [0.1, 0.15) is 42.4 Å². The summed E-state index contributed by atoms with van der Waals surface area (Å²) in [7, 11) is 9.35. The van der Waals surface area contributed by atoms with E-state index in [2.05, 4.69) is 60.7 Å². The maximum Gasteiger partial charge on any atom is 0.407 e. The number of hydrogen-bond donors (Lipinski definition) is 4. The Labute approximate surface area is 374 Å². The van der Waals surface area contributed by atoms with E-state index in [0.29, 0.717) is 19.7 Å². The average molecular weight is 869 g/mol. The molecular formula is C49H60N10O5. The monoisotopic (exact) mass is 868 g/mol. The van der Waals surface area contributed by atoms with Gasteiger partial charge < -0.3 is 34.6 Å². The largest absolute Gasteiger partial charge is 0.488 e. The van der Waals surface area contributed by atoms with Crippen LogP contribution >= 0.6 is 0 Å². The van der Waals surface area contributed by atoms with Crippen molar-refractivity contribution in [3.63, 3.8) is 0 Å². The number of fused-ring (bicyclic) bond motifs is 6. The van der Waals surface area contributed by atoms with Gasteiger partial charge in [-0.15, -0.1) is 0 Å². The predicted molar refractivity (Wildman–Crippen MR) is 244 cm³/mol. The molecule has 5 heterocycles. The van der Waals surface area contributed by atoms with Crippen LogP contribution in [-0.4, -0.2) is 118 Å². The van der Waals surface area contributed by atoms with Gasteiger partial charge in [0.2, 0.25) is 11.8 Å². The number of aromatic nitrogens is 4. The van der Waals surface area contributed by atoms with E-state index in [1.165, 1.54) is 12.7 Å². The van der Waals surface area contributed by atoms with Gasteiger partial charge in [-0.25, -0.2) is 14.8 Å². The second-order valence-electron chi connectivity index (χ2n) is 18.3. The van der Waals surface area contributed by atoms with Crippen LogP contribution in [0.15, 0.2) is 66.9 Å². The van der Waals surface area contributed by atoms with Gasteiger partial charge in [0.25, 0.3) is 0 Å². The first-order valence-electron chi connectivity index (χ1n) is 22.6. The highest BCUT2D eigenvalue weighted by Crippen LogP contribution is 2.46. The molecule has 0 unspecified atom stereocenters. The Morgan fingerprint density at radius 1 is 0.828 bits per heavy atom. The second kappa shape index (κ2) is 17.9. The van der Waals surface area contributed by atoms with Crippen molar-refractivity contribution in [2.24, 2.45) is 5.92 Å². The summed E-state index contributed by atoms with van der Waals surface area (Å²) in [6, 6.07) is 19.3. The smallest absolute Gasteiger partial charge is 0.407 e. The van der Waals surface area contributed by atoms with Crippen molar-refractivity contribution in [1.82, 2.24) is 50.2 Å². The number of amides is 3. The van der Waals surface area contributed by atoms with Crippen LogP contribution in [0, 0.1) is 5.92 Å². The molecule has 15 heteroatoms. The summed E-state index contributed by atoms with van der Waals surface area (Å²) in [6.07, 6.45) is 6.14. The van der Waals surface area contributed by atoms with E-state index in [4.69, 9.17) is 19.4 Å². The van der Waals surface area contributed by atoms with Crippen molar-refractivity contribution in [2.75, 3.05) is 48.4 Å². The van der Waals surface area contributed by atoms with Crippen LogP contribution in [0.3, 0.4) is 0 Å². The third-order valence-corrected chi connectivity index (χ3v) is 13.4. The summed E-state index contributed by atoms with van der Waals surface area (Å²) in [5, 5.41) is 6.36. The molecule has 4 atom stereocenters. The number of aryl methyl sites for hydroxylation is 2. The SMILES string of the molecule is COC(=O)N[C@H](C(=O)N1CCC[C@H]1c1ncc(-c2ccc3c(c2)COc2cc4c(cc2-3)CCc2[nH]c([C@@H]3CCCN3C(=O)[C@H](NC(N(C)C)N(C)C)c3ccccc3)nc2-4)[nH]1)C(C)C. The molecule has 3 aliphatic heterocycles. The standard InChI is InChI=1S/C49H60N10O5/c1-28(2)41(55-49(62)63-7)46(60)58-21-11-15-38(58)44-50-26-37(52-44)31-17-19-33-32(23-31)27-64-40-25-34-30(24-35(33)40)18-20-36-43(34)53-45(51-36)39-16-12-22-59(39)47(61)42(29-13-9-8-10-14-29)54-48(56(3)4)57(5)6/h8-10,13-14,17,19,23-26,28,38-39,41-42,48,54H,11-12,15-16,18,20-22,27H2,1-7H3,(H,50,52)(H,51,53)(H,55,62)/t38-,39-,41-,42+/m0/s1. The van der Waals surface area contributed by atoms with E-state index >= 15 is 0 Å². The van der Waals surface area contributed by atoms with Crippen molar-refractivity contribution in [3.05, 3.63) is 101 Å². The highest BCUT2D eigenvalue weighted by atomic mass is 16.5. The molecule has 1 aliphatic carbocycles. The Kier molecular flexibility index (Phi) is 12.1. The second-order valence-corrected chi connectivity index (χ2v) is 18.3. The Hall–Kier alpha value is -6.03. The van der Waals surface area contributed by atoms with E-state index in [0.717, 1.165) is 106 Å². The summed E-state index contributed by atoms with van der Waals surface area (Å²) >= 11 is 0. The topological polar surface area (TPSA) is 164 Å². The molecule has 2 fully saturated rings. The quantitative estimate of drug-likeness (QED) is 0.101. The molecule has 2 aromatic heterocycles. The molecule has 2 saturated heterocycles. The molecule has 15 nitrogen and oxygen atoms in total. The molecule has 4 aliphatic rings. The van der Waals surface area contributed by atoms with Gasteiger partial charge in [0.05, 0.1) is 36.8 Å². The lowest BCUT2D eigenvalue weighted by Gasteiger charge is -2.36. The first kappa shape index (κ1) is 43.2. The normalized spacial score (nSPS) is 18.7. The van der Waals surface area contributed by atoms with Gasteiger partial charge in [-0.2, -0.15) is 0 Å². The van der Waals surface area contributed by atoms with Gasteiger partial charge in [0, 0.05) is 29.9 Å². The fourth-order valence-corrected chi connectivity index (χ4v) is 10.1. The molecule has 5 aromatic rings. The number of methoxy groups -OCH3 is 1. The van der Waals surface area contributed by atoms with E-state index in [9.17, 15) is 14.4 Å². The average Bonchev–Trinajstić information content (AvgIpc) is 4.14. The Morgan fingerprint density at radius 3 is 2.25 bits per heavy atom. The molecule has 0 radical (unpaired) electrons. The lowest BCUT2D eigenvalue weighted by molar-refractivity contribution is -0.136. The Bertz CT molecular complexity index is 2520. The number of benzene rings is 3. The molecule has 0 spiro atoms. The predicted octanol–water partition coefficient (Wildman–Crippen LogP) is 6.57. The number of carbonyl (C=O) groups excluding carboxylic acids is 3. The van der Waals surface area contributed by atoms with Crippen LogP contribution in [0.1, 0.15) is 91.7 Å². The van der Waals surface area contributed by atoms with Crippen LogP contribution in [0.2, 0.25) is 0 Å².